The molecule has 0 radical (unpaired) electrons. The Hall–Kier alpha value is -1.70. The van der Waals surface area contributed by atoms with Gasteiger partial charge in [-0.25, -0.2) is 4.79 Å². The number of unbranched alkanes of at least 4 members (excludes halogenated alkanes) is 2. The van der Waals surface area contributed by atoms with Crippen molar-refractivity contribution in [1.29, 1.82) is 0 Å². The number of carboxylic acid groups (broad SMARTS) is 1. The summed E-state index contributed by atoms with van der Waals surface area (Å²) in [6.45, 7) is 5.42. The topological polar surface area (TPSA) is 104 Å². The fourth-order valence-electron chi connectivity index (χ4n) is 1.93. The van der Waals surface area contributed by atoms with Crippen molar-refractivity contribution in [3.63, 3.8) is 0 Å². The van der Waals surface area contributed by atoms with E-state index in [0.29, 0.717) is 17.7 Å². The molecule has 0 N–H and O–H groups in total. The fraction of sp³-hybridized carbons (Fsp3) is 0.474. The molecule has 8 heteroatoms. The van der Waals surface area contributed by atoms with Crippen molar-refractivity contribution >= 4 is 23.8 Å². The molecule has 7 nitrogen and oxygen atoms in total. The first-order chi connectivity index (χ1) is 12.4. The third kappa shape index (κ3) is 11.6. The summed E-state index contributed by atoms with van der Waals surface area (Å²) in [6.07, 6.45) is 9.85. The zero-order valence-corrected chi connectivity index (χ0v) is 18.5. The number of carbonyl (C=O) groups is 4. The summed E-state index contributed by atoms with van der Waals surface area (Å²) in [6, 6.07) is -1.62. The van der Waals surface area contributed by atoms with E-state index in [1.54, 1.807) is 19.1 Å². The first-order valence-electron chi connectivity index (χ1n) is 8.60. The van der Waals surface area contributed by atoms with Gasteiger partial charge in [-0.05, 0) is 31.9 Å². The van der Waals surface area contributed by atoms with Crippen LogP contribution in [0.1, 0.15) is 52.9 Å². The van der Waals surface area contributed by atoms with Gasteiger partial charge in [0, 0.05) is 12.4 Å². The number of allylic oxidation sites excluding steroid dienone is 3. The van der Waals surface area contributed by atoms with Crippen molar-refractivity contribution in [3.8, 4) is 0 Å². The Kier molecular flexibility index (Phi) is 16.8. The molecule has 0 saturated carbocycles. The molecule has 144 valence electrons. The third-order valence-corrected chi connectivity index (χ3v) is 3.17. The Labute approximate surface area is 182 Å². The van der Waals surface area contributed by atoms with E-state index in [0.717, 1.165) is 31.3 Å². The van der Waals surface area contributed by atoms with Crippen molar-refractivity contribution in [3.05, 3.63) is 36.6 Å². The van der Waals surface area contributed by atoms with Gasteiger partial charge in [0.15, 0.2) is 0 Å². The molecule has 0 saturated heterocycles. The number of carboxylic acids is 1. The van der Waals surface area contributed by atoms with Crippen LogP contribution in [0.5, 0.6) is 0 Å². The molecule has 0 aliphatic heterocycles. The molecule has 27 heavy (non-hydrogen) atoms. The van der Waals surface area contributed by atoms with Crippen molar-refractivity contribution in [1.82, 2.24) is 4.90 Å². The molecule has 1 unspecified atom stereocenters. The average molecular weight is 387 g/mol. The number of carbonyl (C=O) groups excluding carboxylic acids is 4. The maximum Gasteiger partial charge on any atom is 1.00 e. The number of amides is 2. The summed E-state index contributed by atoms with van der Waals surface area (Å²) in [7, 11) is 0. The summed E-state index contributed by atoms with van der Waals surface area (Å²) >= 11 is 0. The Bertz CT molecular complexity index is 555. The number of ether oxygens (including phenoxy) is 1. The van der Waals surface area contributed by atoms with Crippen molar-refractivity contribution in [2.45, 2.75) is 58.9 Å². The molecule has 0 aromatic rings. The van der Waals surface area contributed by atoms with E-state index in [4.69, 9.17) is 4.74 Å². The summed E-state index contributed by atoms with van der Waals surface area (Å²) < 4.78 is 4.78. The molecule has 0 fully saturated rings. The largest absolute Gasteiger partial charge is 1.00 e. The Morgan fingerprint density at radius 3 is 1.85 bits per heavy atom. The molecule has 1 atom stereocenters. The van der Waals surface area contributed by atoms with Gasteiger partial charge in [0.2, 0.25) is 0 Å². The fourth-order valence-corrected chi connectivity index (χ4v) is 1.93. The number of rotatable bonds is 11. The molecule has 0 rings (SSSR count). The van der Waals surface area contributed by atoms with Crippen LogP contribution in [-0.4, -0.2) is 34.7 Å². The summed E-state index contributed by atoms with van der Waals surface area (Å²) in [4.78, 5) is 48.7. The predicted octanol–water partition coefficient (Wildman–Crippen LogP) is -1.36. The second-order valence-electron chi connectivity index (χ2n) is 5.43. The summed E-state index contributed by atoms with van der Waals surface area (Å²) in [5.41, 5.74) is 0. The number of hydrogen-bond donors (Lipinski definition) is 0. The van der Waals surface area contributed by atoms with Crippen LogP contribution in [-0.2, 0) is 23.9 Å². The maximum absolute atomic E-state index is 12.4. The number of esters is 1. The minimum atomic E-state index is -1.62. The molecule has 0 bridgehead atoms. The van der Waals surface area contributed by atoms with Gasteiger partial charge in [-0.2, -0.15) is 0 Å². The third-order valence-electron chi connectivity index (χ3n) is 3.17. The van der Waals surface area contributed by atoms with E-state index in [2.05, 4.69) is 0 Å². The standard InChI is InChI=1S/C19H27NO6.Na/c1-4-7-9-11-16(21)20(17(22)12-10-8-5-2)15(14-18(23)24)19(25)26-13-6-3;/h6,9-13,15H,4-5,7-8,14H2,1-3H3,(H,23,24);/q;+1/p-1/b11-9+,12-10+,13-6+;. The van der Waals surface area contributed by atoms with E-state index in [1.165, 1.54) is 6.08 Å². The van der Waals surface area contributed by atoms with Gasteiger partial charge >= 0.3 is 35.5 Å². The second-order valence-corrected chi connectivity index (χ2v) is 5.43. The molecular formula is C19H26NNaO6. The normalized spacial score (nSPS) is 12.1. The first-order valence-corrected chi connectivity index (χ1v) is 8.60. The molecular weight excluding hydrogens is 361 g/mol. The van der Waals surface area contributed by atoms with Crippen LogP contribution in [0.3, 0.4) is 0 Å². The van der Waals surface area contributed by atoms with Gasteiger partial charge in [0.1, 0.15) is 6.04 Å². The van der Waals surface area contributed by atoms with Crippen LogP contribution in [0.2, 0.25) is 0 Å². The molecule has 0 heterocycles. The predicted molar refractivity (Wildman–Crippen MR) is 94.3 cm³/mol. The van der Waals surface area contributed by atoms with Crippen molar-refractivity contribution in [2.24, 2.45) is 0 Å². The Morgan fingerprint density at radius 2 is 1.48 bits per heavy atom. The average Bonchev–Trinajstić information content (AvgIpc) is 2.59. The van der Waals surface area contributed by atoms with Crippen LogP contribution >= 0.6 is 0 Å². The number of aliphatic carboxylic acids is 1. The minimum absolute atomic E-state index is 0. The minimum Gasteiger partial charge on any atom is -0.550 e. The molecule has 2 amide bonds. The monoisotopic (exact) mass is 387 g/mol. The van der Waals surface area contributed by atoms with Crippen LogP contribution in [0.25, 0.3) is 0 Å². The number of imide groups is 1. The maximum atomic E-state index is 12.4. The summed E-state index contributed by atoms with van der Waals surface area (Å²) in [5, 5.41) is 11.0. The van der Waals surface area contributed by atoms with Crippen LogP contribution < -0.4 is 34.7 Å². The first kappa shape index (κ1) is 27.5. The number of nitrogens with zero attached hydrogens (tertiary/aromatic N) is 1. The zero-order valence-electron chi connectivity index (χ0n) is 16.5. The summed E-state index contributed by atoms with van der Waals surface area (Å²) in [5.74, 6) is -4.17. The number of hydrogen-bond acceptors (Lipinski definition) is 6. The smallest absolute Gasteiger partial charge is 0.550 e. The van der Waals surface area contributed by atoms with E-state index in [-0.39, 0.29) is 29.6 Å². The molecule has 0 aliphatic rings. The zero-order chi connectivity index (χ0) is 19.9. The Morgan fingerprint density at radius 1 is 1.00 bits per heavy atom. The molecule has 0 aliphatic carbocycles. The quantitative estimate of drug-likeness (QED) is 0.188. The molecule has 0 aromatic heterocycles. The van der Waals surface area contributed by atoms with Gasteiger partial charge < -0.3 is 14.6 Å². The second kappa shape index (κ2) is 16.5. The SMILES string of the molecule is C/C=C/OC(=O)C(CC(=O)[O-])N(C(=O)/C=C/CCC)C(=O)/C=C/CCC.[Na+]. The van der Waals surface area contributed by atoms with Crippen molar-refractivity contribution < 1.29 is 58.6 Å². The van der Waals surface area contributed by atoms with Gasteiger partial charge in [0.25, 0.3) is 11.8 Å². The molecule has 0 aromatic carbocycles. The van der Waals surface area contributed by atoms with E-state index in [9.17, 15) is 24.3 Å². The van der Waals surface area contributed by atoms with Crippen LogP contribution in [0.4, 0.5) is 0 Å². The van der Waals surface area contributed by atoms with Gasteiger partial charge in [-0.1, -0.05) is 44.9 Å². The molecule has 0 spiro atoms. The van der Waals surface area contributed by atoms with Crippen LogP contribution in [0, 0.1) is 0 Å². The van der Waals surface area contributed by atoms with Crippen LogP contribution in [0.15, 0.2) is 36.6 Å². The van der Waals surface area contributed by atoms with Gasteiger partial charge in [-0.3, -0.25) is 14.5 Å². The van der Waals surface area contributed by atoms with Gasteiger partial charge in [0.05, 0.1) is 6.26 Å². The Balaban J connectivity index is 0. The van der Waals surface area contributed by atoms with Crippen molar-refractivity contribution in [2.75, 3.05) is 0 Å². The van der Waals surface area contributed by atoms with E-state index >= 15 is 0 Å². The van der Waals surface area contributed by atoms with Gasteiger partial charge in [-0.15, -0.1) is 0 Å². The van der Waals surface area contributed by atoms with E-state index < -0.39 is 36.2 Å². The van der Waals surface area contributed by atoms with E-state index in [1.807, 2.05) is 13.8 Å².